The maximum Gasteiger partial charge on any atom is 0.338 e. The van der Waals surface area contributed by atoms with Crippen LogP contribution in [0.25, 0.3) is 0 Å². The molecule has 2 aromatic carbocycles. The highest BCUT2D eigenvalue weighted by Gasteiger charge is 2.22. The quantitative estimate of drug-likeness (QED) is 0.590. The lowest BCUT2D eigenvalue weighted by molar-refractivity contribution is -0.126. The molecule has 0 radical (unpaired) electrons. The van der Waals surface area contributed by atoms with Crippen LogP contribution in [0.2, 0.25) is 0 Å². The van der Waals surface area contributed by atoms with Crippen molar-refractivity contribution in [3.05, 3.63) is 41.5 Å². The largest absolute Gasteiger partial charge is 0.495 e. The molecule has 3 rings (SSSR count). The predicted molar refractivity (Wildman–Crippen MR) is 114 cm³/mol. The van der Waals surface area contributed by atoms with Crippen molar-refractivity contribution in [1.82, 2.24) is 5.32 Å². The molecule has 1 aliphatic heterocycles. The highest BCUT2D eigenvalue weighted by molar-refractivity contribution is 5.96. The van der Waals surface area contributed by atoms with Crippen LogP contribution in [0.4, 0.5) is 5.69 Å². The van der Waals surface area contributed by atoms with Gasteiger partial charge in [-0.2, -0.15) is 0 Å². The van der Waals surface area contributed by atoms with Crippen molar-refractivity contribution in [2.75, 3.05) is 45.9 Å². The van der Waals surface area contributed by atoms with Crippen LogP contribution in [0.3, 0.4) is 0 Å². The molecule has 2 amide bonds. The van der Waals surface area contributed by atoms with E-state index >= 15 is 0 Å². The van der Waals surface area contributed by atoms with E-state index in [0.717, 1.165) is 5.56 Å². The Kier molecular flexibility index (Phi) is 7.37. The molecule has 1 heterocycles. The molecule has 0 aliphatic carbocycles. The van der Waals surface area contributed by atoms with Crippen LogP contribution in [0.1, 0.15) is 15.9 Å². The van der Waals surface area contributed by atoms with Gasteiger partial charge in [-0.25, -0.2) is 4.79 Å². The fourth-order valence-electron chi connectivity index (χ4n) is 2.95. The molecule has 10 nitrogen and oxygen atoms in total. The SMILES string of the molecule is COc1ccc(C)cc1NC(=O)CNC(=O)COC(=O)c1cc(OC)c2c(c1)OCCO2. The summed E-state index contributed by atoms with van der Waals surface area (Å²) in [5.41, 5.74) is 1.57. The van der Waals surface area contributed by atoms with E-state index in [9.17, 15) is 14.4 Å². The summed E-state index contributed by atoms with van der Waals surface area (Å²) in [5.74, 6) is -0.246. The predicted octanol–water partition coefficient (Wildman–Crippen LogP) is 1.70. The van der Waals surface area contributed by atoms with Crippen molar-refractivity contribution >= 4 is 23.5 Å². The monoisotopic (exact) mass is 444 g/mol. The van der Waals surface area contributed by atoms with Gasteiger partial charge in [0.1, 0.15) is 19.0 Å². The third-order valence-electron chi connectivity index (χ3n) is 4.47. The van der Waals surface area contributed by atoms with E-state index in [-0.39, 0.29) is 12.1 Å². The van der Waals surface area contributed by atoms with Crippen LogP contribution in [0.5, 0.6) is 23.0 Å². The molecule has 2 aromatic rings. The number of hydrogen-bond acceptors (Lipinski definition) is 8. The summed E-state index contributed by atoms with van der Waals surface area (Å²) < 4.78 is 26.4. The summed E-state index contributed by atoms with van der Waals surface area (Å²) in [6.45, 7) is 1.73. The molecule has 170 valence electrons. The number of esters is 1. The number of fused-ring (bicyclic) bond motifs is 1. The Labute approximate surface area is 184 Å². The summed E-state index contributed by atoms with van der Waals surface area (Å²) in [6.07, 6.45) is 0. The molecule has 0 unspecified atom stereocenters. The van der Waals surface area contributed by atoms with Gasteiger partial charge < -0.3 is 34.3 Å². The Morgan fingerprint density at radius 2 is 1.72 bits per heavy atom. The molecular formula is C22H24N2O8. The fraction of sp³-hybridized carbons (Fsp3) is 0.318. The van der Waals surface area contributed by atoms with Gasteiger partial charge in [-0.05, 0) is 36.8 Å². The number of rotatable bonds is 8. The van der Waals surface area contributed by atoms with E-state index in [1.54, 1.807) is 12.1 Å². The van der Waals surface area contributed by atoms with Gasteiger partial charge in [-0.15, -0.1) is 0 Å². The Balaban J connectivity index is 1.50. The smallest absolute Gasteiger partial charge is 0.338 e. The summed E-state index contributed by atoms with van der Waals surface area (Å²) in [6, 6.07) is 8.23. The zero-order valence-corrected chi connectivity index (χ0v) is 18.0. The second-order valence-corrected chi connectivity index (χ2v) is 6.81. The molecule has 0 saturated carbocycles. The normalized spacial score (nSPS) is 11.8. The van der Waals surface area contributed by atoms with Crippen LogP contribution >= 0.6 is 0 Å². The molecule has 0 spiro atoms. The van der Waals surface area contributed by atoms with Gasteiger partial charge in [-0.3, -0.25) is 9.59 Å². The van der Waals surface area contributed by atoms with Crippen LogP contribution in [-0.2, 0) is 14.3 Å². The molecule has 10 heteroatoms. The maximum atomic E-state index is 12.3. The molecule has 0 aromatic heterocycles. The average Bonchev–Trinajstić information content (AvgIpc) is 2.80. The molecule has 1 aliphatic rings. The Morgan fingerprint density at radius 1 is 0.969 bits per heavy atom. The van der Waals surface area contributed by atoms with Gasteiger partial charge in [0.2, 0.25) is 11.7 Å². The number of benzene rings is 2. The van der Waals surface area contributed by atoms with Gasteiger partial charge in [0.25, 0.3) is 5.91 Å². The van der Waals surface area contributed by atoms with E-state index in [1.807, 2.05) is 13.0 Å². The van der Waals surface area contributed by atoms with E-state index in [1.165, 1.54) is 26.4 Å². The van der Waals surface area contributed by atoms with Gasteiger partial charge in [-0.1, -0.05) is 6.07 Å². The summed E-state index contributed by atoms with van der Waals surface area (Å²) in [5, 5.41) is 5.06. The van der Waals surface area contributed by atoms with E-state index in [0.29, 0.717) is 41.9 Å². The number of ether oxygens (including phenoxy) is 5. The van der Waals surface area contributed by atoms with Crippen molar-refractivity contribution in [2.45, 2.75) is 6.92 Å². The molecule has 0 fully saturated rings. The van der Waals surface area contributed by atoms with Gasteiger partial charge in [0, 0.05) is 0 Å². The van der Waals surface area contributed by atoms with Crippen LogP contribution in [0, 0.1) is 6.92 Å². The first-order valence-electron chi connectivity index (χ1n) is 9.77. The maximum absolute atomic E-state index is 12.3. The second kappa shape index (κ2) is 10.4. The summed E-state index contributed by atoms with van der Waals surface area (Å²) in [7, 11) is 2.93. The van der Waals surface area contributed by atoms with E-state index in [2.05, 4.69) is 10.6 Å². The zero-order chi connectivity index (χ0) is 23.1. The van der Waals surface area contributed by atoms with Crippen molar-refractivity contribution in [3.8, 4) is 23.0 Å². The lowest BCUT2D eigenvalue weighted by Crippen LogP contribution is -2.35. The van der Waals surface area contributed by atoms with Crippen LogP contribution in [-0.4, -0.2) is 58.4 Å². The van der Waals surface area contributed by atoms with Gasteiger partial charge in [0.15, 0.2) is 18.1 Å². The van der Waals surface area contributed by atoms with Crippen molar-refractivity contribution in [3.63, 3.8) is 0 Å². The Morgan fingerprint density at radius 3 is 2.47 bits per heavy atom. The minimum Gasteiger partial charge on any atom is -0.495 e. The number of carbonyl (C=O) groups excluding carboxylic acids is 3. The molecule has 0 bridgehead atoms. The lowest BCUT2D eigenvalue weighted by Gasteiger charge is -2.21. The van der Waals surface area contributed by atoms with Crippen molar-refractivity contribution in [2.24, 2.45) is 0 Å². The van der Waals surface area contributed by atoms with Crippen molar-refractivity contribution < 1.29 is 38.1 Å². The number of amides is 2. The Bertz CT molecular complexity index is 1000. The third-order valence-corrected chi connectivity index (χ3v) is 4.47. The minimum atomic E-state index is -0.746. The standard InChI is InChI=1S/C22H24N2O8/c1-13-4-5-16(28-2)15(8-13)24-19(25)11-23-20(26)12-32-22(27)14-9-17(29-3)21-18(10-14)30-6-7-31-21/h4-5,8-10H,6-7,11-12H2,1-3H3,(H,23,26)(H,24,25). The highest BCUT2D eigenvalue weighted by atomic mass is 16.6. The first-order valence-corrected chi connectivity index (χ1v) is 9.77. The number of aryl methyl sites for hydroxylation is 1. The average molecular weight is 444 g/mol. The molecular weight excluding hydrogens is 420 g/mol. The molecule has 0 atom stereocenters. The topological polar surface area (TPSA) is 121 Å². The first kappa shape index (κ1) is 22.7. The van der Waals surface area contributed by atoms with Crippen LogP contribution in [0.15, 0.2) is 30.3 Å². The zero-order valence-electron chi connectivity index (χ0n) is 18.0. The number of hydrogen-bond donors (Lipinski definition) is 2. The number of methoxy groups -OCH3 is 2. The molecule has 32 heavy (non-hydrogen) atoms. The highest BCUT2D eigenvalue weighted by Crippen LogP contribution is 2.40. The van der Waals surface area contributed by atoms with Crippen molar-refractivity contribution in [1.29, 1.82) is 0 Å². The minimum absolute atomic E-state index is 0.142. The molecule has 0 saturated heterocycles. The van der Waals surface area contributed by atoms with Crippen LogP contribution < -0.4 is 29.6 Å². The summed E-state index contributed by atoms with van der Waals surface area (Å²) >= 11 is 0. The number of carbonyl (C=O) groups is 3. The van der Waals surface area contributed by atoms with Gasteiger partial charge in [0.05, 0.1) is 32.0 Å². The third kappa shape index (κ3) is 5.60. The first-order chi connectivity index (χ1) is 15.4. The number of anilines is 1. The molecule has 2 N–H and O–H groups in total. The summed E-state index contributed by atoms with van der Waals surface area (Å²) in [4.78, 5) is 36.5. The van der Waals surface area contributed by atoms with E-state index in [4.69, 9.17) is 23.7 Å². The lowest BCUT2D eigenvalue weighted by atomic mass is 10.1. The van der Waals surface area contributed by atoms with E-state index < -0.39 is 24.4 Å². The fourth-order valence-corrected chi connectivity index (χ4v) is 2.95. The number of nitrogens with one attached hydrogen (secondary N) is 2. The van der Waals surface area contributed by atoms with Gasteiger partial charge >= 0.3 is 5.97 Å². The second-order valence-electron chi connectivity index (χ2n) is 6.81. The Hall–Kier alpha value is -3.95.